The molecule has 6 heteroatoms. The standard InChI is InChI=1S/C15H14ClNO3S/c1-10-6-7-13(9-15(10)16)17-21(19,20)14-5-3-4-12(8-14)11(2)18/h3-9,17H,1-2H3. The minimum Gasteiger partial charge on any atom is -0.295 e. The molecule has 0 saturated heterocycles. The first-order valence-corrected chi connectivity index (χ1v) is 8.06. The fraction of sp³-hybridized carbons (Fsp3) is 0.133. The maximum atomic E-state index is 12.3. The Bertz CT molecular complexity index is 800. The number of carbonyl (C=O) groups excluding carboxylic acids is 1. The summed E-state index contributed by atoms with van der Waals surface area (Å²) in [4.78, 5) is 11.4. The fourth-order valence-electron chi connectivity index (χ4n) is 1.75. The lowest BCUT2D eigenvalue weighted by atomic mass is 10.2. The van der Waals surface area contributed by atoms with Gasteiger partial charge in [-0.25, -0.2) is 8.42 Å². The summed E-state index contributed by atoms with van der Waals surface area (Å²) >= 11 is 5.98. The molecule has 4 nitrogen and oxygen atoms in total. The van der Waals surface area contributed by atoms with Crippen molar-refractivity contribution in [2.75, 3.05) is 4.72 Å². The van der Waals surface area contributed by atoms with Crippen LogP contribution in [0.5, 0.6) is 0 Å². The molecule has 2 rings (SSSR count). The van der Waals surface area contributed by atoms with Crippen LogP contribution in [0.3, 0.4) is 0 Å². The van der Waals surface area contributed by atoms with Gasteiger partial charge in [0.05, 0.1) is 10.6 Å². The van der Waals surface area contributed by atoms with Gasteiger partial charge in [0.15, 0.2) is 5.78 Å². The van der Waals surface area contributed by atoms with E-state index in [4.69, 9.17) is 11.6 Å². The van der Waals surface area contributed by atoms with E-state index in [0.29, 0.717) is 16.3 Å². The third-order valence-corrected chi connectivity index (χ3v) is 4.76. The Morgan fingerprint density at radius 2 is 1.86 bits per heavy atom. The first-order chi connectivity index (χ1) is 9.79. The third-order valence-electron chi connectivity index (χ3n) is 2.97. The molecule has 0 atom stereocenters. The van der Waals surface area contributed by atoms with Crippen LogP contribution in [-0.2, 0) is 10.0 Å². The van der Waals surface area contributed by atoms with E-state index in [-0.39, 0.29) is 10.7 Å². The van der Waals surface area contributed by atoms with Gasteiger partial charge in [0.1, 0.15) is 0 Å². The van der Waals surface area contributed by atoms with E-state index >= 15 is 0 Å². The second-order valence-corrected chi connectivity index (χ2v) is 6.74. The molecular formula is C15H14ClNO3S. The average molecular weight is 324 g/mol. The number of anilines is 1. The van der Waals surface area contributed by atoms with Crippen molar-refractivity contribution in [2.45, 2.75) is 18.7 Å². The lowest BCUT2D eigenvalue weighted by Crippen LogP contribution is -2.13. The van der Waals surface area contributed by atoms with Crippen LogP contribution in [0.4, 0.5) is 5.69 Å². The van der Waals surface area contributed by atoms with Gasteiger partial charge in [0, 0.05) is 10.6 Å². The molecule has 0 fully saturated rings. The third kappa shape index (κ3) is 3.62. The first-order valence-electron chi connectivity index (χ1n) is 6.19. The normalized spacial score (nSPS) is 11.2. The first kappa shape index (κ1) is 15.5. The highest BCUT2D eigenvalue weighted by Crippen LogP contribution is 2.23. The maximum Gasteiger partial charge on any atom is 0.261 e. The van der Waals surface area contributed by atoms with Crippen molar-refractivity contribution in [3.8, 4) is 0 Å². The number of carbonyl (C=O) groups is 1. The Morgan fingerprint density at radius 1 is 1.14 bits per heavy atom. The van der Waals surface area contributed by atoms with E-state index in [1.54, 1.807) is 24.3 Å². The lowest BCUT2D eigenvalue weighted by molar-refractivity contribution is 0.101. The van der Waals surface area contributed by atoms with Crippen molar-refractivity contribution in [3.63, 3.8) is 0 Å². The number of benzene rings is 2. The molecule has 21 heavy (non-hydrogen) atoms. The Labute approximate surface area is 128 Å². The molecular weight excluding hydrogens is 310 g/mol. The summed E-state index contributed by atoms with van der Waals surface area (Å²) in [7, 11) is -3.76. The second kappa shape index (κ2) is 5.87. The highest BCUT2D eigenvalue weighted by Gasteiger charge is 2.15. The summed E-state index contributed by atoms with van der Waals surface area (Å²) in [6.45, 7) is 3.22. The second-order valence-electron chi connectivity index (χ2n) is 4.65. The smallest absolute Gasteiger partial charge is 0.261 e. The minimum absolute atomic E-state index is 0.0342. The van der Waals surface area contributed by atoms with Crippen LogP contribution in [0, 0.1) is 6.92 Å². The number of aryl methyl sites for hydroxylation is 1. The molecule has 0 spiro atoms. The number of hydrogen-bond acceptors (Lipinski definition) is 3. The van der Waals surface area contributed by atoms with Crippen LogP contribution in [-0.4, -0.2) is 14.2 Å². The Morgan fingerprint density at radius 3 is 2.48 bits per heavy atom. The molecule has 110 valence electrons. The monoisotopic (exact) mass is 323 g/mol. The predicted molar refractivity (Wildman–Crippen MR) is 83.4 cm³/mol. The van der Waals surface area contributed by atoms with Crippen molar-refractivity contribution >= 4 is 33.1 Å². The molecule has 0 saturated carbocycles. The minimum atomic E-state index is -3.76. The van der Waals surface area contributed by atoms with Gasteiger partial charge < -0.3 is 0 Å². The predicted octanol–water partition coefficient (Wildman–Crippen LogP) is 3.65. The van der Waals surface area contributed by atoms with Crippen LogP contribution in [0.25, 0.3) is 0 Å². The summed E-state index contributed by atoms with van der Waals surface area (Å²) in [6.07, 6.45) is 0. The van der Waals surface area contributed by atoms with Gasteiger partial charge in [-0.05, 0) is 43.7 Å². The van der Waals surface area contributed by atoms with Crippen LogP contribution in [0.15, 0.2) is 47.4 Å². The average Bonchev–Trinajstić information content (AvgIpc) is 2.43. The summed E-state index contributed by atoms with van der Waals surface area (Å²) in [6, 6.07) is 10.8. The molecule has 2 aromatic carbocycles. The SMILES string of the molecule is CC(=O)c1cccc(S(=O)(=O)Nc2ccc(C)c(Cl)c2)c1. The van der Waals surface area contributed by atoms with E-state index in [1.807, 2.05) is 6.92 Å². The number of halogens is 1. The van der Waals surface area contributed by atoms with E-state index in [0.717, 1.165) is 5.56 Å². The van der Waals surface area contributed by atoms with Crippen LogP contribution >= 0.6 is 11.6 Å². The number of nitrogens with one attached hydrogen (secondary N) is 1. The number of rotatable bonds is 4. The molecule has 0 aliphatic carbocycles. The van der Waals surface area contributed by atoms with Crippen molar-refractivity contribution in [3.05, 3.63) is 58.6 Å². The highest BCUT2D eigenvalue weighted by molar-refractivity contribution is 7.92. The Balaban J connectivity index is 2.36. The Kier molecular flexibility index (Phi) is 4.34. The van der Waals surface area contributed by atoms with E-state index in [9.17, 15) is 13.2 Å². The van der Waals surface area contributed by atoms with Crippen molar-refractivity contribution in [1.29, 1.82) is 0 Å². The Hall–Kier alpha value is -1.85. The summed E-state index contributed by atoms with van der Waals surface area (Å²) < 4.78 is 27.1. The molecule has 0 heterocycles. The maximum absolute atomic E-state index is 12.3. The molecule has 0 bridgehead atoms. The highest BCUT2D eigenvalue weighted by atomic mass is 35.5. The largest absolute Gasteiger partial charge is 0.295 e. The van der Waals surface area contributed by atoms with Gasteiger partial charge >= 0.3 is 0 Å². The van der Waals surface area contributed by atoms with Crippen molar-refractivity contribution in [1.82, 2.24) is 0 Å². The molecule has 0 amide bonds. The number of sulfonamides is 1. The summed E-state index contributed by atoms with van der Waals surface area (Å²) in [5.74, 6) is -0.189. The lowest BCUT2D eigenvalue weighted by Gasteiger charge is -2.10. The number of ketones is 1. The van der Waals surface area contributed by atoms with Crippen LogP contribution < -0.4 is 4.72 Å². The number of hydrogen-bond donors (Lipinski definition) is 1. The van der Waals surface area contributed by atoms with Gasteiger partial charge in [-0.3, -0.25) is 9.52 Å². The van der Waals surface area contributed by atoms with Gasteiger partial charge in [0.25, 0.3) is 10.0 Å². The molecule has 1 N–H and O–H groups in total. The zero-order chi connectivity index (χ0) is 15.6. The quantitative estimate of drug-likeness (QED) is 0.873. The number of Topliss-reactive ketones (excluding diaryl/α,β-unsaturated/α-hetero) is 1. The summed E-state index contributed by atoms with van der Waals surface area (Å²) in [5.41, 5.74) is 1.58. The molecule has 0 radical (unpaired) electrons. The van der Waals surface area contributed by atoms with Crippen molar-refractivity contribution in [2.24, 2.45) is 0 Å². The fourth-order valence-corrected chi connectivity index (χ4v) is 3.03. The van der Waals surface area contributed by atoms with E-state index < -0.39 is 10.0 Å². The molecule has 0 unspecified atom stereocenters. The van der Waals surface area contributed by atoms with Gasteiger partial charge in [0.2, 0.25) is 0 Å². The van der Waals surface area contributed by atoms with Gasteiger partial charge in [-0.1, -0.05) is 29.8 Å². The molecule has 0 aliphatic heterocycles. The zero-order valence-electron chi connectivity index (χ0n) is 11.6. The summed E-state index contributed by atoms with van der Waals surface area (Å²) in [5, 5.41) is 0.479. The topological polar surface area (TPSA) is 63.2 Å². The van der Waals surface area contributed by atoms with Crippen LogP contribution in [0.2, 0.25) is 5.02 Å². The van der Waals surface area contributed by atoms with E-state index in [2.05, 4.69) is 4.72 Å². The molecule has 0 aliphatic rings. The van der Waals surface area contributed by atoms with Crippen molar-refractivity contribution < 1.29 is 13.2 Å². The zero-order valence-corrected chi connectivity index (χ0v) is 13.1. The van der Waals surface area contributed by atoms with Crippen LogP contribution in [0.1, 0.15) is 22.8 Å². The van der Waals surface area contributed by atoms with E-state index in [1.165, 1.54) is 25.1 Å². The van der Waals surface area contributed by atoms with Gasteiger partial charge in [-0.15, -0.1) is 0 Å². The molecule has 0 aromatic heterocycles. The molecule has 2 aromatic rings. The van der Waals surface area contributed by atoms with Gasteiger partial charge in [-0.2, -0.15) is 0 Å².